The van der Waals surface area contributed by atoms with Gasteiger partial charge in [-0.3, -0.25) is 18.6 Å². The Morgan fingerprint density at radius 2 is 1.24 bits per heavy atom. The van der Waals surface area contributed by atoms with E-state index in [-0.39, 0.29) is 43.5 Å². The molecule has 3 aromatic heterocycles. The quantitative estimate of drug-likeness (QED) is 0.0175. The van der Waals surface area contributed by atoms with Gasteiger partial charge in [-0.05, 0) is 124 Å². The molecule has 1 aliphatic rings. The zero-order valence-electron chi connectivity index (χ0n) is 47.6. The van der Waals surface area contributed by atoms with E-state index in [2.05, 4.69) is 59.8 Å². The van der Waals surface area contributed by atoms with Crippen LogP contribution in [0.2, 0.25) is 0 Å². The average molecular weight is 1270 g/mol. The summed E-state index contributed by atoms with van der Waals surface area (Å²) in [5.41, 5.74) is 5.31. The number of esters is 1. The minimum absolute atomic E-state index is 0.0670. The summed E-state index contributed by atoms with van der Waals surface area (Å²) < 4.78 is 76.1. The smallest absolute Gasteiger partial charge is 0.410 e. The van der Waals surface area contributed by atoms with Crippen molar-refractivity contribution >= 4 is 78.8 Å². The molecule has 6 rings (SSSR count). The molecule has 3 atom stereocenters. The molecule has 1 amide bonds. The first-order chi connectivity index (χ1) is 38.0. The third kappa shape index (κ3) is 19.6. The maximum atomic E-state index is 14.1. The summed E-state index contributed by atoms with van der Waals surface area (Å²) in [5.74, 6) is 6.73. The number of hydrogen-bond donors (Lipinski definition) is 2. The highest BCUT2D eigenvalue weighted by Crippen LogP contribution is 2.42. The molecule has 1 saturated heterocycles. The summed E-state index contributed by atoms with van der Waals surface area (Å²) in [6.45, 7) is 21.4. The van der Waals surface area contributed by atoms with Crippen molar-refractivity contribution in [2.45, 2.75) is 73.4 Å². The van der Waals surface area contributed by atoms with Gasteiger partial charge in [-0.1, -0.05) is 42.2 Å². The van der Waals surface area contributed by atoms with Crippen molar-refractivity contribution in [3.63, 3.8) is 0 Å². The van der Waals surface area contributed by atoms with Crippen LogP contribution in [0.3, 0.4) is 0 Å². The Labute approximate surface area is 485 Å². The van der Waals surface area contributed by atoms with Crippen molar-refractivity contribution in [2.75, 3.05) is 104 Å². The van der Waals surface area contributed by atoms with Crippen LogP contribution in [0, 0.1) is 15.4 Å². The molecule has 1 fully saturated rings. The number of nitrogens with zero attached hydrogens (tertiary/aromatic N) is 6. The van der Waals surface area contributed by atoms with Gasteiger partial charge < -0.3 is 48.2 Å². The van der Waals surface area contributed by atoms with Crippen LogP contribution in [0.25, 0.3) is 0 Å². The molecule has 23 heteroatoms. The van der Waals surface area contributed by atoms with Gasteiger partial charge in [-0.2, -0.15) is 0 Å². The van der Waals surface area contributed by atoms with E-state index in [9.17, 15) is 23.3 Å². The number of piperazine rings is 1. The zero-order chi connectivity index (χ0) is 58.1. The summed E-state index contributed by atoms with van der Waals surface area (Å²) in [6, 6.07) is 25.5. The Kier molecular flexibility index (Phi) is 23.9. The average Bonchev–Trinajstić information content (AvgIpc) is 3.41. The minimum atomic E-state index is -3.39. The summed E-state index contributed by atoms with van der Waals surface area (Å²) >= 11 is 2.20. The number of ether oxygens (including phenoxy) is 3. The lowest BCUT2D eigenvalue weighted by atomic mass is 10.1. The van der Waals surface area contributed by atoms with Crippen LogP contribution in [-0.4, -0.2) is 142 Å². The molecule has 3 unspecified atom stereocenters. The number of nitrogens with one attached hydrogen (secondary N) is 2. The fourth-order valence-corrected chi connectivity index (χ4v) is 13.3. The van der Waals surface area contributed by atoms with Gasteiger partial charge in [0.05, 0.1) is 55.3 Å². The molecule has 0 saturated carbocycles. The number of halogens is 1. The van der Waals surface area contributed by atoms with E-state index in [0.717, 1.165) is 26.1 Å². The topological polar surface area (TPSA) is 213 Å². The van der Waals surface area contributed by atoms with Gasteiger partial charge in [0.15, 0.2) is 0 Å². The predicted molar refractivity (Wildman–Crippen MR) is 323 cm³/mol. The summed E-state index contributed by atoms with van der Waals surface area (Å²) in [5, 5.41) is 6.96. The number of anilines is 1. The Morgan fingerprint density at radius 3 is 1.81 bits per heavy atom. The van der Waals surface area contributed by atoms with E-state index >= 15 is 0 Å². The fourth-order valence-electron chi connectivity index (χ4n) is 8.52. The van der Waals surface area contributed by atoms with Crippen molar-refractivity contribution < 1.29 is 51.1 Å². The fraction of sp³-hybridized carbons (Fsp3) is 0.456. The minimum Gasteiger partial charge on any atom is -0.495 e. The van der Waals surface area contributed by atoms with Crippen LogP contribution >= 0.6 is 44.7 Å². The molecule has 1 aliphatic heterocycles. The molecule has 0 aliphatic carbocycles. The van der Waals surface area contributed by atoms with Gasteiger partial charge in [0.25, 0.3) is 0 Å². The Bertz CT molecular complexity index is 3130. The van der Waals surface area contributed by atoms with Gasteiger partial charge in [0.2, 0.25) is 22.1 Å². The number of carbonyl (C=O) groups excluding carboxylic acids is 2. The lowest BCUT2D eigenvalue weighted by molar-refractivity contribution is 0.0240. The molecular formula is C57H76IN8O11P3. The monoisotopic (exact) mass is 1270 g/mol. The molecule has 2 N–H and O–H groups in total. The van der Waals surface area contributed by atoms with Crippen LogP contribution < -0.4 is 36.6 Å². The van der Waals surface area contributed by atoms with Crippen LogP contribution in [0.5, 0.6) is 5.75 Å². The number of rotatable bonds is 26. The highest BCUT2D eigenvalue weighted by Gasteiger charge is 2.29. The van der Waals surface area contributed by atoms with Crippen LogP contribution in [0.15, 0.2) is 84.9 Å². The van der Waals surface area contributed by atoms with Gasteiger partial charge in [-0.25, -0.2) is 24.5 Å². The van der Waals surface area contributed by atoms with E-state index in [1.54, 1.807) is 64.3 Å². The molecule has 0 bridgehead atoms. The van der Waals surface area contributed by atoms with Gasteiger partial charge in [0.1, 0.15) is 34.3 Å². The van der Waals surface area contributed by atoms with Crippen molar-refractivity contribution in [3.8, 4) is 17.6 Å². The van der Waals surface area contributed by atoms with Crippen molar-refractivity contribution in [3.05, 3.63) is 128 Å². The third-order valence-electron chi connectivity index (χ3n) is 12.4. The third-order valence-corrected chi connectivity index (χ3v) is 18.5. The molecule has 432 valence electrons. The van der Waals surface area contributed by atoms with E-state index in [4.69, 9.17) is 37.7 Å². The molecule has 0 spiro atoms. The second kappa shape index (κ2) is 29.8. The number of pyridine rings is 3. The first-order valence-corrected chi connectivity index (χ1v) is 33.9. The van der Waals surface area contributed by atoms with Gasteiger partial charge >= 0.3 is 12.1 Å². The first-order valence-electron chi connectivity index (χ1n) is 26.6. The molecular weight excluding hydrogens is 1190 g/mol. The highest BCUT2D eigenvalue weighted by atomic mass is 127. The Balaban J connectivity index is 1.25. The second-order valence-corrected chi connectivity index (χ2v) is 28.6. The van der Waals surface area contributed by atoms with E-state index < -0.39 is 33.7 Å². The summed E-state index contributed by atoms with van der Waals surface area (Å²) in [4.78, 5) is 46.7. The number of benzene rings is 2. The van der Waals surface area contributed by atoms with Gasteiger partial charge in [0, 0.05) is 107 Å². The number of aromatic nitrogens is 3. The van der Waals surface area contributed by atoms with Crippen LogP contribution in [0.4, 0.5) is 10.5 Å². The predicted octanol–water partition coefficient (Wildman–Crippen LogP) is 8.39. The van der Waals surface area contributed by atoms with Crippen LogP contribution in [-0.2, 0) is 63.0 Å². The zero-order valence-corrected chi connectivity index (χ0v) is 52.4. The van der Waals surface area contributed by atoms with E-state index in [1.807, 2.05) is 81.4 Å². The molecule has 80 heavy (non-hydrogen) atoms. The Hall–Kier alpha value is -5.03. The summed E-state index contributed by atoms with van der Waals surface area (Å²) in [6.07, 6.45) is -0.338. The maximum Gasteiger partial charge on any atom is 0.410 e. The standard InChI is InChI=1S/C57H76IN8O11P3/c1-11-74-78(8,69)52-33-44(20-19-42-21-22-51(72-7)50(32-42)65-27-29-66(30-28-65)56(68)77-57(4,5)6)31-49(63-52)40-64(26-24-60-39-48-36-46(58)37-54(62-48)80(10,71)76-13-3)25-23-59-38-47-34-45(35-53(61-47)79(9,70)75-12-2)55(67)73-41-43-17-15-14-16-18-43/h14-18,21-22,31-37,59-60H,11-13,23-30,38-41H2,1-10H3. The SMILES string of the molecule is CCOP(C)(=O)c1cc(I)cc(CNCCN(CCNCc2cc(C(=O)OCc3ccccc3)cc(P(C)(=O)OCC)n2)Cc2cc(C#Cc3ccc(OC)c(N4CCN(C(=O)OC(C)(C)C)CC4)c3)cc(P(C)(=O)OCC)n2)n1. The first kappa shape index (κ1) is 64.1. The second-order valence-electron chi connectivity index (χ2n) is 20.1. The molecule has 2 aromatic carbocycles. The molecule has 5 aromatic rings. The molecule has 0 radical (unpaired) electrons. The van der Waals surface area contributed by atoms with Crippen molar-refractivity contribution in [1.82, 2.24) is 35.4 Å². The number of methoxy groups -OCH3 is 1. The lowest BCUT2D eigenvalue weighted by Crippen LogP contribution is -2.50. The van der Waals surface area contributed by atoms with Crippen molar-refractivity contribution in [1.29, 1.82) is 0 Å². The largest absolute Gasteiger partial charge is 0.495 e. The van der Waals surface area contributed by atoms with Crippen LogP contribution in [0.1, 0.15) is 85.7 Å². The van der Waals surface area contributed by atoms with E-state index in [0.29, 0.717) is 106 Å². The summed E-state index contributed by atoms with van der Waals surface area (Å²) in [7, 11) is -8.26. The lowest BCUT2D eigenvalue weighted by Gasteiger charge is -2.37. The number of hydrogen-bond acceptors (Lipinski definition) is 18. The molecule has 19 nitrogen and oxygen atoms in total. The highest BCUT2D eigenvalue weighted by molar-refractivity contribution is 14.1. The number of amides is 1. The van der Waals surface area contributed by atoms with Crippen molar-refractivity contribution in [2.24, 2.45) is 0 Å². The van der Waals surface area contributed by atoms with Gasteiger partial charge in [-0.15, -0.1) is 0 Å². The normalized spacial score (nSPS) is 15.1. The maximum absolute atomic E-state index is 14.1. The van der Waals surface area contributed by atoms with E-state index in [1.165, 1.54) is 12.7 Å². The molecule has 4 heterocycles. The Morgan fingerprint density at radius 1 is 0.688 bits per heavy atom. The number of carbonyl (C=O) groups is 2.